The number of aliphatic imine (C=N–C) groups is 1. The van der Waals surface area contributed by atoms with Gasteiger partial charge in [0.2, 0.25) is 0 Å². The number of aryl methyl sites for hydroxylation is 1. The number of rotatable bonds is 10. The summed E-state index contributed by atoms with van der Waals surface area (Å²) < 4.78 is 10.7. The van der Waals surface area contributed by atoms with Crippen molar-refractivity contribution in [3.05, 3.63) is 29.8 Å². The molecule has 146 valence electrons. The van der Waals surface area contributed by atoms with E-state index in [0.29, 0.717) is 13.2 Å². The van der Waals surface area contributed by atoms with Crippen LogP contribution in [-0.4, -0.2) is 57.6 Å². The summed E-state index contributed by atoms with van der Waals surface area (Å²) in [5.41, 5.74) is 1.29. The monoisotopic (exact) mass is 363 g/mol. The number of aliphatic hydroxyl groups is 1. The van der Waals surface area contributed by atoms with Crippen LogP contribution in [-0.2, 0) is 11.2 Å². The van der Waals surface area contributed by atoms with Gasteiger partial charge >= 0.3 is 0 Å². The van der Waals surface area contributed by atoms with E-state index >= 15 is 0 Å². The Labute approximate surface area is 157 Å². The quantitative estimate of drug-likeness (QED) is 0.337. The van der Waals surface area contributed by atoms with Gasteiger partial charge in [-0.1, -0.05) is 12.1 Å². The third-order valence-electron chi connectivity index (χ3n) is 4.84. The van der Waals surface area contributed by atoms with Crippen LogP contribution in [0.25, 0.3) is 0 Å². The molecule has 1 atom stereocenters. The lowest BCUT2D eigenvalue weighted by atomic mass is 9.84. The number of guanidine groups is 1. The van der Waals surface area contributed by atoms with Crippen LogP contribution in [0.4, 0.5) is 0 Å². The molecule has 0 aliphatic carbocycles. The number of nitrogens with one attached hydrogen (secondary N) is 2. The highest BCUT2D eigenvalue weighted by atomic mass is 16.5. The zero-order chi connectivity index (χ0) is 18.7. The molecule has 2 rings (SSSR count). The molecule has 0 saturated carbocycles. The van der Waals surface area contributed by atoms with Gasteiger partial charge in [-0.25, -0.2) is 0 Å². The van der Waals surface area contributed by atoms with Crippen LogP contribution in [0.15, 0.2) is 29.3 Å². The molecule has 0 radical (unpaired) electrons. The van der Waals surface area contributed by atoms with Crippen molar-refractivity contribution in [2.24, 2.45) is 10.4 Å². The SMILES string of the molecule is CCNC(=NCC1(CCO)CCOC1)NCCCc1ccc(OC)cc1. The van der Waals surface area contributed by atoms with E-state index in [4.69, 9.17) is 14.5 Å². The topological polar surface area (TPSA) is 75.1 Å². The van der Waals surface area contributed by atoms with Gasteiger partial charge in [-0.05, 0) is 50.3 Å². The second-order valence-electron chi connectivity index (χ2n) is 6.85. The largest absolute Gasteiger partial charge is 0.497 e. The Morgan fingerprint density at radius 3 is 2.73 bits per heavy atom. The normalized spacial score (nSPS) is 20.2. The molecule has 6 nitrogen and oxygen atoms in total. The van der Waals surface area contributed by atoms with Gasteiger partial charge in [-0.15, -0.1) is 0 Å². The Hall–Kier alpha value is -1.79. The van der Waals surface area contributed by atoms with E-state index in [1.807, 2.05) is 12.1 Å². The maximum atomic E-state index is 9.33. The molecule has 6 heteroatoms. The minimum Gasteiger partial charge on any atom is -0.497 e. The Kier molecular flexibility index (Phi) is 8.71. The van der Waals surface area contributed by atoms with Crippen molar-refractivity contribution in [1.82, 2.24) is 10.6 Å². The first kappa shape index (κ1) is 20.5. The zero-order valence-corrected chi connectivity index (χ0v) is 16.1. The minimum atomic E-state index is -0.0137. The predicted molar refractivity (Wildman–Crippen MR) is 105 cm³/mol. The van der Waals surface area contributed by atoms with Crippen molar-refractivity contribution in [2.45, 2.75) is 32.6 Å². The lowest BCUT2D eigenvalue weighted by Gasteiger charge is -2.24. The van der Waals surface area contributed by atoms with E-state index in [1.54, 1.807) is 7.11 Å². The molecule has 0 spiro atoms. The van der Waals surface area contributed by atoms with Crippen LogP contribution in [0.3, 0.4) is 0 Å². The number of ether oxygens (including phenoxy) is 2. The molecule has 0 amide bonds. The summed E-state index contributed by atoms with van der Waals surface area (Å²) in [5, 5.41) is 16.0. The molecule has 1 unspecified atom stereocenters. The van der Waals surface area contributed by atoms with Crippen molar-refractivity contribution in [3.63, 3.8) is 0 Å². The molecular formula is C20H33N3O3. The molecule has 26 heavy (non-hydrogen) atoms. The van der Waals surface area contributed by atoms with Crippen molar-refractivity contribution < 1.29 is 14.6 Å². The first-order valence-electron chi connectivity index (χ1n) is 9.55. The molecule has 3 N–H and O–H groups in total. The van der Waals surface area contributed by atoms with Crippen molar-refractivity contribution in [3.8, 4) is 5.75 Å². The average molecular weight is 364 g/mol. The van der Waals surface area contributed by atoms with Crippen molar-refractivity contribution >= 4 is 5.96 Å². The highest BCUT2D eigenvalue weighted by Crippen LogP contribution is 2.32. The van der Waals surface area contributed by atoms with Crippen molar-refractivity contribution in [2.75, 3.05) is 46.6 Å². The summed E-state index contributed by atoms with van der Waals surface area (Å²) in [6, 6.07) is 8.21. The number of hydrogen-bond donors (Lipinski definition) is 3. The summed E-state index contributed by atoms with van der Waals surface area (Å²) in [4.78, 5) is 4.74. The van der Waals surface area contributed by atoms with Crippen LogP contribution in [0, 0.1) is 5.41 Å². The molecule has 1 saturated heterocycles. The van der Waals surface area contributed by atoms with Gasteiger partial charge in [0.05, 0.1) is 20.3 Å². The van der Waals surface area contributed by atoms with E-state index in [0.717, 1.165) is 57.1 Å². The first-order valence-corrected chi connectivity index (χ1v) is 9.55. The Morgan fingerprint density at radius 1 is 1.31 bits per heavy atom. The summed E-state index contributed by atoms with van der Waals surface area (Å²) in [7, 11) is 1.68. The third kappa shape index (κ3) is 6.50. The van der Waals surface area contributed by atoms with Gasteiger partial charge in [-0.2, -0.15) is 0 Å². The first-order chi connectivity index (χ1) is 12.7. The van der Waals surface area contributed by atoms with Gasteiger partial charge in [0.1, 0.15) is 5.75 Å². The van der Waals surface area contributed by atoms with Crippen LogP contribution in [0.1, 0.15) is 31.7 Å². The Bertz CT molecular complexity index is 540. The smallest absolute Gasteiger partial charge is 0.191 e. The molecule has 1 aliphatic heterocycles. The highest BCUT2D eigenvalue weighted by molar-refractivity contribution is 5.79. The molecular weight excluding hydrogens is 330 g/mol. The number of nitrogens with zero attached hydrogens (tertiary/aromatic N) is 1. The fraction of sp³-hybridized carbons (Fsp3) is 0.650. The highest BCUT2D eigenvalue weighted by Gasteiger charge is 2.34. The summed E-state index contributed by atoms with van der Waals surface area (Å²) in [6.07, 6.45) is 3.75. The second-order valence-corrected chi connectivity index (χ2v) is 6.85. The van der Waals surface area contributed by atoms with E-state index in [2.05, 4.69) is 29.7 Å². The van der Waals surface area contributed by atoms with Gasteiger partial charge < -0.3 is 25.2 Å². The van der Waals surface area contributed by atoms with Crippen LogP contribution >= 0.6 is 0 Å². The molecule has 1 fully saturated rings. The van der Waals surface area contributed by atoms with Crippen LogP contribution in [0.5, 0.6) is 5.75 Å². The Balaban J connectivity index is 1.79. The maximum Gasteiger partial charge on any atom is 0.191 e. The summed E-state index contributed by atoms with van der Waals surface area (Å²) in [5.74, 6) is 1.73. The van der Waals surface area contributed by atoms with Gasteiger partial charge in [-0.3, -0.25) is 4.99 Å². The zero-order valence-electron chi connectivity index (χ0n) is 16.1. The summed E-state index contributed by atoms with van der Waals surface area (Å²) in [6.45, 7) is 6.08. The van der Waals surface area contributed by atoms with Crippen LogP contribution in [0.2, 0.25) is 0 Å². The number of aliphatic hydroxyl groups excluding tert-OH is 1. The lowest BCUT2D eigenvalue weighted by Crippen LogP contribution is -2.39. The van der Waals surface area contributed by atoms with Crippen LogP contribution < -0.4 is 15.4 Å². The third-order valence-corrected chi connectivity index (χ3v) is 4.84. The van der Waals surface area contributed by atoms with Crippen molar-refractivity contribution in [1.29, 1.82) is 0 Å². The Morgan fingerprint density at radius 2 is 2.12 bits per heavy atom. The molecule has 1 heterocycles. The standard InChI is InChI=1S/C20H33N3O3/c1-3-21-19(23-15-20(10-13-24)11-14-26-16-20)22-12-4-5-17-6-8-18(25-2)9-7-17/h6-9,24H,3-5,10-16H2,1-2H3,(H2,21,22,23). The van der Waals surface area contributed by atoms with E-state index in [9.17, 15) is 5.11 Å². The molecule has 0 aromatic heterocycles. The van der Waals surface area contributed by atoms with Gasteiger partial charge in [0.15, 0.2) is 5.96 Å². The number of methoxy groups -OCH3 is 1. The van der Waals surface area contributed by atoms with E-state index in [1.165, 1.54) is 5.56 Å². The predicted octanol–water partition coefficient (Wildman–Crippen LogP) is 1.97. The second kappa shape index (κ2) is 11.0. The molecule has 1 aliphatic rings. The van der Waals surface area contributed by atoms with Gasteiger partial charge in [0.25, 0.3) is 0 Å². The molecule has 0 bridgehead atoms. The van der Waals surface area contributed by atoms with E-state index in [-0.39, 0.29) is 12.0 Å². The lowest BCUT2D eigenvalue weighted by molar-refractivity contribution is 0.131. The molecule has 1 aromatic carbocycles. The van der Waals surface area contributed by atoms with Gasteiger partial charge in [0, 0.05) is 31.7 Å². The average Bonchev–Trinajstić information content (AvgIpc) is 3.13. The summed E-state index contributed by atoms with van der Waals surface area (Å²) >= 11 is 0. The number of benzene rings is 1. The minimum absolute atomic E-state index is 0.0137. The molecule has 1 aromatic rings. The maximum absolute atomic E-state index is 9.33. The fourth-order valence-corrected chi connectivity index (χ4v) is 3.17. The van der Waals surface area contributed by atoms with E-state index < -0.39 is 0 Å². The number of hydrogen-bond acceptors (Lipinski definition) is 4. The fourth-order valence-electron chi connectivity index (χ4n) is 3.17.